The summed E-state index contributed by atoms with van der Waals surface area (Å²) >= 11 is 0. The summed E-state index contributed by atoms with van der Waals surface area (Å²) in [5, 5.41) is 20.0. The predicted molar refractivity (Wildman–Crippen MR) is 70.8 cm³/mol. The highest BCUT2D eigenvalue weighted by Gasteiger charge is 2.22. The number of carboxylic acid groups (broad SMARTS) is 1. The minimum atomic E-state index is -0.921. The lowest BCUT2D eigenvalue weighted by Crippen LogP contribution is -2.17. The van der Waals surface area contributed by atoms with Gasteiger partial charge in [-0.15, -0.1) is 0 Å². The van der Waals surface area contributed by atoms with Gasteiger partial charge in [0, 0.05) is 11.6 Å². The van der Waals surface area contributed by atoms with Gasteiger partial charge in [0.15, 0.2) is 0 Å². The number of nitro benzene ring substituents is 1. The van der Waals surface area contributed by atoms with E-state index in [-0.39, 0.29) is 12.1 Å². The van der Waals surface area contributed by atoms with Crippen molar-refractivity contribution in [2.75, 3.05) is 6.54 Å². The number of benzene rings is 1. The summed E-state index contributed by atoms with van der Waals surface area (Å²) in [4.78, 5) is 21.6. The maximum atomic E-state index is 11.2. The number of nitrogens with two attached hydrogens (primary N) is 1. The lowest BCUT2D eigenvalue weighted by Gasteiger charge is -2.12. The lowest BCUT2D eigenvalue weighted by atomic mass is 9.93. The highest BCUT2D eigenvalue weighted by molar-refractivity contribution is 5.70. The molecule has 3 N–H and O–H groups in total. The first-order chi connectivity index (χ1) is 9.06. The molecule has 19 heavy (non-hydrogen) atoms. The summed E-state index contributed by atoms with van der Waals surface area (Å²) in [7, 11) is 0. The summed E-state index contributed by atoms with van der Waals surface area (Å²) in [5.41, 5.74) is 5.82. The number of nitrogens with zero attached hydrogens (tertiary/aromatic N) is 1. The van der Waals surface area contributed by atoms with E-state index in [2.05, 4.69) is 0 Å². The van der Waals surface area contributed by atoms with E-state index in [0.717, 1.165) is 6.42 Å². The van der Waals surface area contributed by atoms with E-state index in [1.807, 2.05) is 0 Å². The molecule has 0 saturated carbocycles. The molecule has 0 saturated heterocycles. The van der Waals surface area contributed by atoms with Crippen molar-refractivity contribution in [1.82, 2.24) is 0 Å². The summed E-state index contributed by atoms with van der Waals surface area (Å²) in [6, 6.07) is 6.26. The van der Waals surface area contributed by atoms with Crippen LogP contribution in [0.5, 0.6) is 0 Å². The molecule has 6 nitrogen and oxygen atoms in total. The van der Waals surface area contributed by atoms with E-state index < -0.39 is 16.8 Å². The third-order valence-corrected chi connectivity index (χ3v) is 3.01. The van der Waals surface area contributed by atoms with Crippen LogP contribution in [-0.4, -0.2) is 22.5 Å². The van der Waals surface area contributed by atoms with Crippen LogP contribution in [0.4, 0.5) is 5.69 Å². The van der Waals surface area contributed by atoms with Gasteiger partial charge in [-0.3, -0.25) is 14.9 Å². The lowest BCUT2D eigenvalue weighted by molar-refractivity contribution is -0.385. The molecule has 104 valence electrons. The average Bonchev–Trinajstić information content (AvgIpc) is 2.38. The Balaban J connectivity index is 2.79. The number of nitro groups is 1. The van der Waals surface area contributed by atoms with Gasteiger partial charge in [-0.1, -0.05) is 24.6 Å². The van der Waals surface area contributed by atoms with Crippen LogP contribution < -0.4 is 5.73 Å². The SMILES string of the molecule is NCCCCC(Cc1ccccc1[N+](=O)[O-])C(=O)O. The Kier molecular flexibility index (Phi) is 5.95. The number of aliphatic carboxylic acids is 1. The normalized spacial score (nSPS) is 12.1. The molecule has 0 aliphatic carbocycles. The quantitative estimate of drug-likeness (QED) is 0.425. The average molecular weight is 266 g/mol. The third kappa shape index (κ3) is 4.67. The molecule has 0 aliphatic heterocycles. The molecular formula is C13H18N2O4. The van der Waals surface area contributed by atoms with E-state index in [9.17, 15) is 14.9 Å². The zero-order valence-electron chi connectivity index (χ0n) is 10.6. The van der Waals surface area contributed by atoms with Gasteiger partial charge in [-0.2, -0.15) is 0 Å². The third-order valence-electron chi connectivity index (χ3n) is 3.01. The number of hydrogen-bond acceptors (Lipinski definition) is 4. The number of para-hydroxylation sites is 1. The van der Waals surface area contributed by atoms with E-state index in [1.165, 1.54) is 6.07 Å². The maximum Gasteiger partial charge on any atom is 0.306 e. The molecule has 1 rings (SSSR count). The van der Waals surface area contributed by atoms with Crippen molar-refractivity contribution >= 4 is 11.7 Å². The number of carbonyl (C=O) groups is 1. The zero-order chi connectivity index (χ0) is 14.3. The number of rotatable bonds is 8. The van der Waals surface area contributed by atoms with Gasteiger partial charge in [-0.25, -0.2) is 0 Å². The van der Waals surface area contributed by atoms with Crippen molar-refractivity contribution < 1.29 is 14.8 Å². The molecular weight excluding hydrogens is 248 g/mol. The van der Waals surface area contributed by atoms with Crippen molar-refractivity contribution in [3.05, 3.63) is 39.9 Å². The number of hydrogen-bond donors (Lipinski definition) is 2. The fraction of sp³-hybridized carbons (Fsp3) is 0.462. The summed E-state index contributed by atoms with van der Waals surface area (Å²) in [5.74, 6) is -1.53. The van der Waals surface area contributed by atoms with Crippen LogP contribution in [0, 0.1) is 16.0 Å². The molecule has 1 atom stereocenters. The second-order valence-corrected chi connectivity index (χ2v) is 4.41. The molecule has 1 aromatic carbocycles. The minimum absolute atomic E-state index is 0.0208. The first kappa shape index (κ1) is 15.1. The fourth-order valence-electron chi connectivity index (χ4n) is 1.97. The smallest absolute Gasteiger partial charge is 0.306 e. The van der Waals surface area contributed by atoms with Gasteiger partial charge in [0.1, 0.15) is 0 Å². The molecule has 0 aliphatic rings. The van der Waals surface area contributed by atoms with Crippen molar-refractivity contribution in [3.8, 4) is 0 Å². The zero-order valence-corrected chi connectivity index (χ0v) is 10.6. The van der Waals surface area contributed by atoms with Crippen molar-refractivity contribution in [2.45, 2.75) is 25.7 Å². The number of carboxylic acids is 1. The van der Waals surface area contributed by atoms with Crippen LogP contribution in [0.25, 0.3) is 0 Å². The molecule has 0 heterocycles. The van der Waals surface area contributed by atoms with Gasteiger partial charge < -0.3 is 10.8 Å². The van der Waals surface area contributed by atoms with Crippen LogP contribution >= 0.6 is 0 Å². The van der Waals surface area contributed by atoms with Crippen molar-refractivity contribution in [2.24, 2.45) is 11.7 Å². The van der Waals surface area contributed by atoms with Crippen LogP contribution in [0.15, 0.2) is 24.3 Å². The monoisotopic (exact) mass is 266 g/mol. The van der Waals surface area contributed by atoms with Gasteiger partial charge in [0.05, 0.1) is 10.8 Å². The van der Waals surface area contributed by atoms with E-state index in [4.69, 9.17) is 10.8 Å². The molecule has 1 unspecified atom stereocenters. The molecule has 0 bridgehead atoms. The van der Waals surface area contributed by atoms with Gasteiger partial charge in [0.25, 0.3) is 5.69 Å². The Bertz CT molecular complexity index is 448. The van der Waals surface area contributed by atoms with Crippen LogP contribution in [0.3, 0.4) is 0 Å². The van der Waals surface area contributed by atoms with Gasteiger partial charge >= 0.3 is 5.97 Å². The Morgan fingerprint density at radius 1 is 1.37 bits per heavy atom. The first-order valence-corrected chi connectivity index (χ1v) is 6.21. The highest BCUT2D eigenvalue weighted by Crippen LogP contribution is 2.23. The highest BCUT2D eigenvalue weighted by atomic mass is 16.6. The topological polar surface area (TPSA) is 106 Å². The number of unbranched alkanes of at least 4 members (excludes halogenated alkanes) is 1. The van der Waals surface area contributed by atoms with Gasteiger partial charge in [-0.05, 0) is 25.8 Å². The molecule has 0 spiro atoms. The Labute approximate surface area is 111 Å². The molecule has 0 amide bonds. The maximum absolute atomic E-state index is 11.2. The second-order valence-electron chi connectivity index (χ2n) is 4.41. The summed E-state index contributed by atoms with van der Waals surface area (Å²) < 4.78 is 0. The van der Waals surface area contributed by atoms with Crippen LogP contribution in [0.2, 0.25) is 0 Å². The fourth-order valence-corrected chi connectivity index (χ4v) is 1.97. The second kappa shape index (κ2) is 7.48. The minimum Gasteiger partial charge on any atom is -0.481 e. The summed E-state index contributed by atoms with van der Waals surface area (Å²) in [6.45, 7) is 0.526. The van der Waals surface area contributed by atoms with E-state index in [0.29, 0.717) is 24.9 Å². The van der Waals surface area contributed by atoms with Crippen molar-refractivity contribution in [1.29, 1.82) is 0 Å². The van der Waals surface area contributed by atoms with E-state index in [1.54, 1.807) is 18.2 Å². The summed E-state index contributed by atoms with van der Waals surface area (Å²) in [6.07, 6.45) is 2.14. The van der Waals surface area contributed by atoms with Crippen molar-refractivity contribution in [3.63, 3.8) is 0 Å². The van der Waals surface area contributed by atoms with Crippen LogP contribution in [-0.2, 0) is 11.2 Å². The van der Waals surface area contributed by atoms with E-state index >= 15 is 0 Å². The predicted octanol–water partition coefficient (Wildman–Crippen LogP) is 1.97. The molecule has 0 aromatic heterocycles. The van der Waals surface area contributed by atoms with Crippen LogP contribution in [0.1, 0.15) is 24.8 Å². The largest absolute Gasteiger partial charge is 0.481 e. The first-order valence-electron chi connectivity index (χ1n) is 6.21. The molecule has 0 fully saturated rings. The Morgan fingerprint density at radius 3 is 2.63 bits per heavy atom. The Morgan fingerprint density at radius 2 is 2.05 bits per heavy atom. The molecule has 1 aromatic rings. The molecule has 0 radical (unpaired) electrons. The van der Waals surface area contributed by atoms with Gasteiger partial charge in [0.2, 0.25) is 0 Å². The molecule has 6 heteroatoms. The standard InChI is InChI=1S/C13H18N2O4/c14-8-4-3-6-11(13(16)17)9-10-5-1-2-7-12(10)15(18)19/h1-2,5,7,11H,3-4,6,8-9,14H2,(H,16,17). The Hall–Kier alpha value is -1.95.